The third-order valence-electron chi connectivity index (χ3n) is 5.80. The molecule has 1 amide bonds. The Bertz CT molecular complexity index is 1570. The summed E-state index contributed by atoms with van der Waals surface area (Å²) in [5.74, 6) is -0.0399. The van der Waals surface area contributed by atoms with Crippen molar-refractivity contribution in [2.75, 3.05) is 25.3 Å². The third kappa shape index (κ3) is 7.31. The van der Waals surface area contributed by atoms with Crippen molar-refractivity contribution in [2.24, 2.45) is 0 Å². The number of thioether (sulfide) groups is 1. The largest absolute Gasteiger partial charge is 0.497 e. The first-order valence-corrected chi connectivity index (χ1v) is 14.1. The standard InChI is InChI=1S/C28H25F3N4O5S2/c1-4-12-35-22(14-40-20-7-5-6-18(13-20)28(29,30)31)33-34-27(35)42-16-23(36)32-25-24(26(37)39-3)21(15-41-25)17-8-10-19(38-2)11-9-17/h4-11,13,15H,1,12,14,16H2,2-3H3,(H,32,36). The lowest BCUT2D eigenvalue weighted by molar-refractivity contribution is -0.137. The van der Waals surface area contributed by atoms with E-state index in [1.807, 2.05) is 0 Å². The molecule has 0 atom stereocenters. The fraction of sp³-hybridized carbons (Fsp3) is 0.214. The molecule has 0 bridgehead atoms. The minimum atomic E-state index is -4.50. The fourth-order valence-electron chi connectivity index (χ4n) is 3.79. The Labute approximate surface area is 247 Å². The molecule has 9 nitrogen and oxygen atoms in total. The Morgan fingerprint density at radius 3 is 2.55 bits per heavy atom. The average molecular weight is 619 g/mol. The highest BCUT2D eigenvalue weighted by Gasteiger charge is 2.30. The van der Waals surface area contributed by atoms with Crippen molar-refractivity contribution in [3.05, 3.63) is 83.5 Å². The van der Waals surface area contributed by atoms with Crippen LogP contribution in [0.1, 0.15) is 21.7 Å². The average Bonchev–Trinajstić information content (AvgIpc) is 3.58. The molecule has 0 saturated heterocycles. The van der Waals surface area contributed by atoms with Crippen LogP contribution in [0, 0.1) is 0 Å². The maximum Gasteiger partial charge on any atom is 0.416 e. The number of hydrogen-bond acceptors (Lipinski definition) is 9. The second kappa shape index (κ2) is 13.6. The molecule has 1 N–H and O–H groups in total. The fourth-order valence-corrected chi connectivity index (χ4v) is 5.53. The molecule has 14 heteroatoms. The van der Waals surface area contributed by atoms with Gasteiger partial charge in [0.05, 0.1) is 25.5 Å². The number of methoxy groups -OCH3 is 2. The van der Waals surface area contributed by atoms with Gasteiger partial charge in [-0.3, -0.25) is 9.36 Å². The van der Waals surface area contributed by atoms with Gasteiger partial charge in [0.1, 0.15) is 28.7 Å². The normalized spacial score (nSPS) is 11.2. The number of amides is 1. The molecule has 0 radical (unpaired) electrons. The van der Waals surface area contributed by atoms with E-state index in [1.165, 1.54) is 30.6 Å². The Balaban J connectivity index is 1.44. The first kappa shape index (κ1) is 30.7. The molecule has 42 heavy (non-hydrogen) atoms. The van der Waals surface area contributed by atoms with Crippen LogP contribution < -0.4 is 14.8 Å². The molecule has 0 unspecified atom stereocenters. The van der Waals surface area contributed by atoms with Gasteiger partial charge in [-0.15, -0.1) is 28.1 Å². The van der Waals surface area contributed by atoms with Gasteiger partial charge in [0.25, 0.3) is 0 Å². The zero-order valence-electron chi connectivity index (χ0n) is 22.4. The van der Waals surface area contributed by atoms with E-state index < -0.39 is 23.6 Å². The van der Waals surface area contributed by atoms with Gasteiger partial charge in [0.2, 0.25) is 5.91 Å². The van der Waals surface area contributed by atoms with Crippen LogP contribution >= 0.6 is 23.1 Å². The maximum absolute atomic E-state index is 13.0. The van der Waals surface area contributed by atoms with Gasteiger partial charge in [0, 0.05) is 17.5 Å². The lowest BCUT2D eigenvalue weighted by atomic mass is 10.0. The molecular formula is C28H25F3N4O5S2. The highest BCUT2D eigenvalue weighted by molar-refractivity contribution is 7.99. The van der Waals surface area contributed by atoms with E-state index >= 15 is 0 Å². The van der Waals surface area contributed by atoms with Gasteiger partial charge in [-0.1, -0.05) is 36.0 Å². The van der Waals surface area contributed by atoms with Gasteiger partial charge in [0.15, 0.2) is 11.0 Å². The number of thiophene rings is 1. The van der Waals surface area contributed by atoms with Crippen LogP contribution in [0.15, 0.2) is 71.7 Å². The summed E-state index contributed by atoms with van der Waals surface area (Å²) in [6.07, 6.45) is -2.90. The molecule has 0 aliphatic carbocycles. The summed E-state index contributed by atoms with van der Waals surface area (Å²) in [5.41, 5.74) is 0.759. The zero-order valence-corrected chi connectivity index (χ0v) is 24.1. The summed E-state index contributed by atoms with van der Waals surface area (Å²) >= 11 is 2.28. The Morgan fingerprint density at radius 1 is 1.12 bits per heavy atom. The molecular weight excluding hydrogens is 593 g/mol. The van der Waals surface area contributed by atoms with Crippen molar-refractivity contribution in [1.29, 1.82) is 0 Å². The van der Waals surface area contributed by atoms with Gasteiger partial charge >= 0.3 is 12.1 Å². The van der Waals surface area contributed by atoms with Crippen molar-refractivity contribution in [2.45, 2.75) is 24.5 Å². The number of nitrogens with zero attached hydrogens (tertiary/aromatic N) is 3. The van der Waals surface area contributed by atoms with E-state index in [4.69, 9.17) is 14.2 Å². The minimum Gasteiger partial charge on any atom is -0.497 e. The summed E-state index contributed by atoms with van der Waals surface area (Å²) in [4.78, 5) is 25.5. The summed E-state index contributed by atoms with van der Waals surface area (Å²) in [7, 11) is 2.82. The quantitative estimate of drug-likeness (QED) is 0.112. The number of esters is 1. The Morgan fingerprint density at radius 2 is 1.88 bits per heavy atom. The molecule has 0 fully saturated rings. The number of nitrogens with one attached hydrogen (secondary N) is 1. The Kier molecular flexibility index (Phi) is 9.91. The summed E-state index contributed by atoms with van der Waals surface area (Å²) in [6, 6.07) is 11.7. The molecule has 0 saturated carbocycles. The second-order valence-electron chi connectivity index (χ2n) is 8.52. The number of carbonyl (C=O) groups excluding carboxylic acids is 2. The van der Waals surface area contributed by atoms with Gasteiger partial charge in [-0.2, -0.15) is 13.2 Å². The third-order valence-corrected chi connectivity index (χ3v) is 7.66. The van der Waals surface area contributed by atoms with Crippen molar-refractivity contribution in [3.63, 3.8) is 0 Å². The van der Waals surface area contributed by atoms with E-state index in [9.17, 15) is 22.8 Å². The van der Waals surface area contributed by atoms with Crippen LogP contribution in [0.4, 0.5) is 18.2 Å². The molecule has 2 aromatic carbocycles. The number of aromatic nitrogens is 3. The lowest BCUT2D eigenvalue weighted by Crippen LogP contribution is -2.16. The second-order valence-corrected chi connectivity index (χ2v) is 10.3. The van der Waals surface area contributed by atoms with Gasteiger partial charge in [-0.05, 0) is 35.9 Å². The van der Waals surface area contributed by atoms with E-state index in [-0.39, 0.29) is 30.2 Å². The molecule has 0 spiro atoms. The SMILES string of the molecule is C=CCn1c(COc2cccc(C(F)(F)F)c2)nnc1SCC(=O)Nc1scc(-c2ccc(OC)cc2)c1C(=O)OC. The molecule has 0 aliphatic rings. The number of rotatable bonds is 12. The number of carbonyl (C=O) groups is 2. The summed E-state index contributed by atoms with van der Waals surface area (Å²) in [5, 5.41) is 13.4. The van der Waals surface area contributed by atoms with Gasteiger partial charge in [-0.25, -0.2) is 4.79 Å². The van der Waals surface area contributed by atoms with Gasteiger partial charge < -0.3 is 19.5 Å². The topological polar surface area (TPSA) is 105 Å². The summed E-state index contributed by atoms with van der Waals surface area (Å²) < 4.78 is 56.4. The number of alkyl halides is 3. The van der Waals surface area contributed by atoms with Crippen molar-refractivity contribution in [1.82, 2.24) is 14.8 Å². The number of allylic oxidation sites excluding steroid dienone is 1. The number of anilines is 1. The first-order valence-electron chi connectivity index (χ1n) is 12.2. The number of hydrogen-bond donors (Lipinski definition) is 1. The van der Waals surface area contributed by atoms with E-state index in [2.05, 4.69) is 22.1 Å². The van der Waals surface area contributed by atoms with Crippen molar-refractivity contribution >= 4 is 40.0 Å². The minimum absolute atomic E-state index is 0.0259. The van der Waals surface area contributed by atoms with E-state index in [0.29, 0.717) is 27.3 Å². The Hall–Kier alpha value is -4.30. The number of ether oxygens (including phenoxy) is 3. The highest BCUT2D eigenvalue weighted by Crippen LogP contribution is 2.37. The van der Waals surface area contributed by atoms with Crippen LogP contribution in [0.5, 0.6) is 11.5 Å². The summed E-state index contributed by atoms with van der Waals surface area (Å²) in [6.45, 7) is 3.84. The molecule has 2 heterocycles. The predicted molar refractivity (Wildman–Crippen MR) is 153 cm³/mol. The van der Waals surface area contributed by atoms with Crippen LogP contribution in [-0.2, 0) is 28.9 Å². The molecule has 4 rings (SSSR count). The van der Waals surface area contributed by atoms with Crippen molar-refractivity contribution in [3.8, 4) is 22.6 Å². The maximum atomic E-state index is 13.0. The van der Waals surface area contributed by atoms with Crippen LogP contribution in [0.2, 0.25) is 0 Å². The first-order chi connectivity index (χ1) is 20.1. The zero-order chi connectivity index (χ0) is 30.3. The smallest absolute Gasteiger partial charge is 0.416 e. The monoisotopic (exact) mass is 618 g/mol. The van der Waals surface area contributed by atoms with E-state index in [0.717, 1.165) is 29.5 Å². The molecule has 220 valence electrons. The lowest BCUT2D eigenvalue weighted by Gasteiger charge is -2.11. The van der Waals surface area contributed by atoms with Crippen LogP contribution in [0.25, 0.3) is 11.1 Å². The molecule has 0 aliphatic heterocycles. The number of benzene rings is 2. The highest BCUT2D eigenvalue weighted by atomic mass is 32.2. The van der Waals surface area contributed by atoms with Crippen molar-refractivity contribution < 1.29 is 37.0 Å². The van der Waals surface area contributed by atoms with Crippen LogP contribution in [-0.4, -0.2) is 46.6 Å². The number of halogens is 3. The molecule has 4 aromatic rings. The predicted octanol–water partition coefficient (Wildman–Crippen LogP) is 6.32. The van der Waals surface area contributed by atoms with E-state index in [1.54, 1.807) is 47.4 Å². The van der Waals surface area contributed by atoms with Crippen LogP contribution in [0.3, 0.4) is 0 Å². The molecule has 2 aromatic heterocycles.